The molecule has 0 aliphatic carbocycles. The molecule has 2 N–H and O–H groups in total. The van der Waals surface area contributed by atoms with Crippen molar-refractivity contribution in [3.8, 4) is 5.75 Å². The molecular weight excluding hydrogens is 350 g/mol. The standard InChI is InChI=1S/C11H11Br2N3O/c1-17-8-2-3-9(12)7(4-8)5-16-6-10(13)11(14)15-16/h2-4,6H,5H2,1H3,(H2,14,15). The maximum absolute atomic E-state index is 5.67. The number of nitrogens with two attached hydrogens (primary N) is 1. The molecule has 0 saturated heterocycles. The van der Waals surface area contributed by atoms with Gasteiger partial charge in [0.25, 0.3) is 0 Å². The average Bonchev–Trinajstić information content (AvgIpc) is 2.61. The molecule has 0 radical (unpaired) electrons. The van der Waals surface area contributed by atoms with Crippen LogP contribution < -0.4 is 10.5 Å². The second-order valence-electron chi connectivity index (χ2n) is 3.52. The molecule has 0 fully saturated rings. The summed E-state index contributed by atoms with van der Waals surface area (Å²) < 4.78 is 8.79. The number of anilines is 1. The summed E-state index contributed by atoms with van der Waals surface area (Å²) in [6, 6.07) is 5.83. The summed E-state index contributed by atoms with van der Waals surface area (Å²) in [4.78, 5) is 0. The number of nitrogens with zero attached hydrogens (tertiary/aromatic N) is 2. The van der Waals surface area contributed by atoms with E-state index in [1.165, 1.54) is 0 Å². The first kappa shape index (κ1) is 12.4. The minimum atomic E-state index is 0.490. The first-order valence-corrected chi connectivity index (χ1v) is 6.49. The summed E-state index contributed by atoms with van der Waals surface area (Å²) >= 11 is 6.83. The largest absolute Gasteiger partial charge is 0.497 e. The Morgan fingerprint density at radius 1 is 1.35 bits per heavy atom. The number of halogens is 2. The molecule has 0 spiro atoms. The van der Waals surface area contributed by atoms with Gasteiger partial charge in [0.05, 0.1) is 18.1 Å². The molecule has 0 saturated carbocycles. The Bertz CT molecular complexity index is 520. The predicted molar refractivity (Wildman–Crippen MR) is 74.1 cm³/mol. The molecule has 0 aliphatic heterocycles. The van der Waals surface area contributed by atoms with Gasteiger partial charge in [0.1, 0.15) is 5.75 Å². The molecule has 2 rings (SSSR count). The van der Waals surface area contributed by atoms with Gasteiger partial charge in [-0.05, 0) is 39.7 Å². The van der Waals surface area contributed by atoms with Gasteiger partial charge in [0.2, 0.25) is 0 Å². The van der Waals surface area contributed by atoms with Crippen LogP contribution in [0, 0.1) is 0 Å². The third kappa shape index (κ3) is 2.81. The molecular formula is C11H11Br2N3O. The van der Waals surface area contributed by atoms with Gasteiger partial charge in [0.15, 0.2) is 5.82 Å². The Labute approximate surface area is 116 Å². The smallest absolute Gasteiger partial charge is 0.159 e. The van der Waals surface area contributed by atoms with E-state index in [1.807, 2.05) is 24.4 Å². The fourth-order valence-corrected chi connectivity index (χ4v) is 2.15. The average molecular weight is 361 g/mol. The molecule has 2 aromatic rings. The fourth-order valence-electron chi connectivity index (χ4n) is 1.47. The van der Waals surface area contributed by atoms with Crippen LogP contribution in [0.2, 0.25) is 0 Å². The highest BCUT2D eigenvalue weighted by Crippen LogP contribution is 2.24. The van der Waals surface area contributed by atoms with E-state index in [0.717, 1.165) is 20.3 Å². The molecule has 90 valence electrons. The van der Waals surface area contributed by atoms with Crippen molar-refractivity contribution in [2.24, 2.45) is 0 Å². The van der Waals surface area contributed by atoms with Crippen LogP contribution in [-0.4, -0.2) is 16.9 Å². The van der Waals surface area contributed by atoms with Gasteiger partial charge in [-0.2, -0.15) is 5.10 Å². The monoisotopic (exact) mass is 359 g/mol. The van der Waals surface area contributed by atoms with Gasteiger partial charge < -0.3 is 10.5 Å². The zero-order valence-corrected chi connectivity index (χ0v) is 12.3. The van der Waals surface area contributed by atoms with E-state index in [9.17, 15) is 0 Å². The van der Waals surface area contributed by atoms with E-state index in [4.69, 9.17) is 10.5 Å². The lowest BCUT2D eigenvalue weighted by Gasteiger charge is -2.07. The van der Waals surface area contributed by atoms with Crippen molar-refractivity contribution in [3.63, 3.8) is 0 Å². The molecule has 1 aromatic carbocycles. The first-order chi connectivity index (χ1) is 8.10. The minimum Gasteiger partial charge on any atom is -0.497 e. The molecule has 4 nitrogen and oxygen atoms in total. The Hall–Kier alpha value is -1.01. The number of methoxy groups -OCH3 is 1. The minimum absolute atomic E-state index is 0.490. The van der Waals surface area contributed by atoms with Crippen LogP contribution in [-0.2, 0) is 6.54 Å². The number of nitrogen functional groups attached to an aromatic ring is 1. The maximum atomic E-state index is 5.67. The topological polar surface area (TPSA) is 53.1 Å². The fraction of sp³-hybridized carbons (Fsp3) is 0.182. The Morgan fingerprint density at radius 3 is 2.71 bits per heavy atom. The highest BCUT2D eigenvalue weighted by atomic mass is 79.9. The summed E-state index contributed by atoms with van der Waals surface area (Å²) in [5.41, 5.74) is 6.76. The number of rotatable bonds is 3. The molecule has 0 unspecified atom stereocenters. The van der Waals surface area contributed by atoms with Crippen molar-refractivity contribution < 1.29 is 4.74 Å². The molecule has 0 atom stereocenters. The molecule has 6 heteroatoms. The third-order valence-corrected chi connectivity index (χ3v) is 3.71. The molecule has 1 heterocycles. The molecule has 0 aliphatic rings. The number of aromatic nitrogens is 2. The summed E-state index contributed by atoms with van der Waals surface area (Å²) in [6.07, 6.45) is 1.85. The summed E-state index contributed by atoms with van der Waals surface area (Å²) in [5.74, 6) is 1.31. The summed E-state index contributed by atoms with van der Waals surface area (Å²) in [6.45, 7) is 0.633. The Morgan fingerprint density at radius 2 is 2.12 bits per heavy atom. The number of ether oxygens (including phenoxy) is 1. The first-order valence-electron chi connectivity index (χ1n) is 4.91. The lowest BCUT2D eigenvalue weighted by atomic mass is 10.2. The van der Waals surface area contributed by atoms with Crippen LogP contribution >= 0.6 is 31.9 Å². The van der Waals surface area contributed by atoms with Gasteiger partial charge in [-0.25, -0.2) is 0 Å². The van der Waals surface area contributed by atoms with Crippen molar-refractivity contribution in [2.75, 3.05) is 12.8 Å². The SMILES string of the molecule is COc1ccc(Br)c(Cn2cc(Br)c(N)n2)c1. The van der Waals surface area contributed by atoms with E-state index in [0.29, 0.717) is 12.4 Å². The van der Waals surface area contributed by atoms with Crippen molar-refractivity contribution in [3.05, 3.63) is 38.9 Å². The van der Waals surface area contributed by atoms with Crippen molar-refractivity contribution >= 4 is 37.7 Å². The zero-order chi connectivity index (χ0) is 12.4. The van der Waals surface area contributed by atoms with Crippen LogP contribution in [0.4, 0.5) is 5.82 Å². The van der Waals surface area contributed by atoms with E-state index in [2.05, 4.69) is 37.0 Å². The van der Waals surface area contributed by atoms with E-state index in [1.54, 1.807) is 11.8 Å². The summed E-state index contributed by atoms with van der Waals surface area (Å²) in [7, 11) is 1.65. The van der Waals surface area contributed by atoms with Gasteiger partial charge in [0, 0.05) is 10.7 Å². The number of hydrogen-bond donors (Lipinski definition) is 1. The predicted octanol–water partition coefficient (Wildman–Crippen LogP) is 3.05. The van der Waals surface area contributed by atoms with Gasteiger partial charge in [-0.15, -0.1) is 0 Å². The van der Waals surface area contributed by atoms with Crippen LogP contribution in [0.1, 0.15) is 5.56 Å². The van der Waals surface area contributed by atoms with Crippen LogP contribution in [0.3, 0.4) is 0 Å². The van der Waals surface area contributed by atoms with E-state index in [-0.39, 0.29) is 0 Å². The molecule has 1 aromatic heterocycles. The zero-order valence-electron chi connectivity index (χ0n) is 9.15. The van der Waals surface area contributed by atoms with Crippen molar-refractivity contribution in [1.29, 1.82) is 0 Å². The highest BCUT2D eigenvalue weighted by Gasteiger charge is 2.06. The Balaban J connectivity index is 2.28. The lowest BCUT2D eigenvalue weighted by molar-refractivity contribution is 0.414. The quantitative estimate of drug-likeness (QED) is 0.915. The summed E-state index contributed by atoms with van der Waals surface area (Å²) in [5, 5.41) is 4.19. The second kappa shape index (κ2) is 5.10. The van der Waals surface area contributed by atoms with Crippen LogP contribution in [0.5, 0.6) is 5.75 Å². The molecule has 0 bridgehead atoms. The van der Waals surface area contributed by atoms with Gasteiger partial charge >= 0.3 is 0 Å². The third-order valence-electron chi connectivity index (χ3n) is 2.33. The molecule has 17 heavy (non-hydrogen) atoms. The van der Waals surface area contributed by atoms with Crippen molar-refractivity contribution in [2.45, 2.75) is 6.54 Å². The molecule has 0 amide bonds. The van der Waals surface area contributed by atoms with E-state index >= 15 is 0 Å². The number of benzene rings is 1. The van der Waals surface area contributed by atoms with Crippen molar-refractivity contribution in [1.82, 2.24) is 9.78 Å². The highest BCUT2D eigenvalue weighted by molar-refractivity contribution is 9.10. The maximum Gasteiger partial charge on any atom is 0.159 e. The van der Waals surface area contributed by atoms with E-state index < -0.39 is 0 Å². The Kier molecular flexibility index (Phi) is 3.73. The second-order valence-corrected chi connectivity index (χ2v) is 5.23. The van der Waals surface area contributed by atoms with Crippen LogP contribution in [0.15, 0.2) is 33.3 Å². The normalized spacial score (nSPS) is 10.5. The number of hydrogen-bond acceptors (Lipinski definition) is 3. The van der Waals surface area contributed by atoms with Crippen LogP contribution in [0.25, 0.3) is 0 Å². The lowest BCUT2D eigenvalue weighted by Crippen LogP contribution is -2.02. The van der Waals surface area contributed by atoms with Gasteiger partial charge in [-0.3, -0.25) is 4.68 Å². The van der Waals surface area contributed by atoms with Gasteiger partial charge in [-0.1, -0.05) is 15.9 Å².